The van der Waals surface area contributed by atoms with Crippen molar-refractivity contribution >= 4 is 14.2 Å². The molecule has 0 radical (unpaired) electrons. The summed E-state index contributed by atoms with van der Waals surface area (Å²) >= 11 is 0. The number of carbonyl (C=O) groups is 1. The molecular formula is C27H43NO3Si. The van der Waals surface area contributed by atoms with Crippen molar-refractivity contribution in [2.75, 3.05) is 0 Å². The average molecular weight is 458 g/mol. The van der Waals surface area contributed by atoms with Crippen LogP contribution in [0.4, 0.5) is 4.79 Å². The van der Waals surface area contributed by atoms with Gasteiger partial charge >= 0.3 is 6.09 Å². The van der Waals surface area contributed by atoms with Crippen molar-refractivity contribution in [3.05, 3.63) is 46.9 Å². The average Bonchev–Trinajstić information content (AvgIpc) is 2.70. The van der Waals surface area contributed by atoms with Gasteiger partial charge < -0.3 is 14.7 Å². The SMILES string of the molecule is CC(C)N(C(=O)O/C(=C1\[C@@H]([C@H](O)c2ccccc2)C[C@H]2C[C@@H]1C2(C)C)[Si](C)(C)C)C(C)C. The monoisotopic (exact) mass is 457 g/mol. The Hall–Kier alpha value is -1.59. The molecule has 2 bridgehead atoms. The first-order chi connectivity index (χ1) is 14.8. The van der Waals surface area contributed by atoms with Gasteiger partial charge in [-0.05, 0) is 68.9 Å². The van der Waals surface area contributed by atoms with E-state index in [0.29, 0.717) is 11.8 Å². The van der Waals surface area contributed by atoms with E-state index >= 15 is 0 Å². The quantitative estimate of drug-likeness (QED) is 0.378. The molecule has 4 nitrogen and oxygen atoms in total. The molecule has 0 spiro atoms. The van der Waals surface area contributed by atoms with Crippen LogP contribution in [0.2, 0.25) is 19.6 Å². The number of hydrogen-bond donors (Lipinski definition) is 1. The molecule has 1 aromatic rings. The third-order valence-corrected chi connectivity index (χ3v) is 9.52. The molecule has 1 N–H and O–H groups in total. The highest BCUT2D eigenvalue weighted by Crippen LogP contribution is 2.65. The summed E-state index contributed by atoms with van der Waals surface area (Å²) in [6, 6.07) is 10.1. The van der Waals surface area contributed by atoms with Gasteiger partial charge in [-0.15, -0.1) is 0 Å². The van der Waals surface area contributed by atoms with Crippen LogP contribution in [0.3, 0.4) is 0 Å². The highest BCUT2D eigenvalue weighted by molar-refractivity contribution is 6.82. The van der Waals surface area contributed by atoms with E-state index in [9.17, 15) is 9.90 Å². The van der Waals surface area contributed by atoms with Gasteiger partial charge in [0.2, 0.25) is 0 Å². The number of aliphatic hydroxyl groups excluding tert-OH is 1. The predicted octanol–water partition coefficient (Wildman–Crippen LogP) is 6.79. The van der Waals surface area contributed by atoms with Crippen molar-refractivity contribution in [1.29, 1.82) is 0 Å². The number of nitrogens with zero attached hydrogens (tertiary/aromatic N) is 1. The molecule has 3 aliphatic rings. The lowest BCUT2D eigenvalue weighted by Gasteiger charge is -2.61. The number of aliphatic hydroxyl groups is 1. The molecule has 0 saturated heterocycles. The van der Waals surface area contributed by atoms with Crippen LogP contribution in [0.15, 0.2) is 41.3 Å². The second kappa shape index (κ2) is 8.98. The number of ether oxygens (including phenoxy) is 1. The van der Waals surface area contributed by atoms with E-state index in [4.69, 9.17) is 4.74 Å². The van der Waals surface area contributed by atoms with Crippen LogP contribution in [0.25, 0.3) is 0 Å². The summed E-state index contributed by atoms with van der Waals surface area (Å²) in [5.41, 5.74) is 2.34. The minimum absolute atomic E-state index is 0.00440. The van der Waals surface area contributed by atoms with Gasteiger partial charge in [-0.25, -0.2) is 4.79 Å². The molecule has 178 valence electrons. The highest BCUT2D eigenvalue weighted by Gasteiger charge is 2.58. The fourth-order valence-electron chi connectivity index (χ4n) is 5.95. The normalized spacial score (nSPS) is 27.1. The van der Waals surface area contributed by atoms with Crippen LogP contribution in [0.5, 0.6) is 0 Å². The molecular weight excluding hydrogens is 414 g/mol. The van der Waals surface area contributed by atoms with Crippen LogP contribution in [-0.2, 0) is 4.74 Å². The third-order valence-electron chi connectivity index (χ3n) is 7.76. The lowest BCUT2D eigenvalue weighted by molar-refractivity contribution is -0.0739. The van der Waals surface area contributed by atoms with Crippen molar-refractivity contribution in [2.24, 2.45) is 23.2 Å². The maximum Gasteiger partial charge on any atom is 0.414 e. The molecule has 3 aliphatic carbocycles. The van der Waals surface area contributed by atoms with Gasteiger partial charge in [-0.2, -0.15) is 0 Å². The van der Waals surface area contributed by atoms with Crippen LogP contribution in [-0.4, -0.2) is 36.3 Å². The lowest BCUT2D eigenvalue weighted by atomic mass is 9.44. The Morgan fingerprint density at radius 2 is 1.62 bits per heavy atom. The number of amides is 1. The molecule has 5 heteroatoms. The molecule has 0 aliphatic heterocycles. The van der Waals surface area contributed by atoms with Crippen molar-refractivity contribution in [1.82, 2.24) is 4.90 Å². The molecule has 3 saturated carbocycles. The zero-order valence-electron chi connectivity index (χ0n) is 21.5. The summed E-state index contributed by atoms with van der Waals surface area (Å²) in [6.45, 7) is 19.6. The van der Waals surface area contributed by atoms with Gasteiger partial charge in [-0.1, -0.05) is 63.8 Å². The molecule has 0 aromatic heterocycles. The molecule has 32 heavy (non-hydrogen) atoms. The summed E-state index contributed by atoms with van der Waals surface area (Å²) < 4.78 is 6.36. The Kier molecular flexibility index (Phi) is 7.03. The summed E-state index contributed by atoms with van der Waals surface area (Å²) in [5.74, 6) is 0.946. The first-order valence-corrected chi connectivity index (χ1v) is 15.7. The molecule has 1 amide bonds. The second-order valence-corrected chi connectivity index (χ2v) is 17.0. The number of hydrogen-bond acceptors (Lipinski definition) is 3. The van der Waals surface area contributed by atoms with E-state index in [-0.39, 0.29) is 29.5 Å². The Balaban J connectivity index is 2.10. The molecule has 0 heterocycles. The molecule has 0 unspecified atom stereocenters. The largest absolute Gasteiger partial charge is 0.420 e. The zero-order valence-corrected chi connectivity index (χ0v) is 22.5. The first-order valence-electron chi connectivity index (χ1n) is 12.2. The molecule has 1 aromatic carbocycles. The van der Waals surface area contributed by atoms with E-state index in [1.807, 2.05) is 62.9 Å². The summed E-state index contributed by atoms with van der Waals surface area (Å²) in [6.07, 6.45) is 1.23. The minimum atomic E-state index is -2.02. The van der Waals surface area contributed by atoms with E-state index in [1.54, 1.807) is 0 Å². The summed E-state index contributed by atoms with van der Waals surface area (Å²) in [5, 5.41) is 12.4. The van der Waals surface area contributed by atoms with Gasteiger partial charge in [0, 0.05) is 18.0 Å². The van der Waals surface area contributed by atoms with E-state index in [0.717, 1.165) is 23.8 Å². The standard InChI is InChI=1S/C27H43NO3Si/c1-17(2)28(18(3)4)26(30)31-25(32(7,8)9)23-21(15-20-16-22(23)27(20,5)6)24(29)19-13-11-10-12-14-19/h10-14,17-18,20-22,24,29H,15-16H2,1-9H3/b25-23-/t20-,21-,22-,24+/m0/s1. The Bertz CT molecular complexity index is 845. The van der Waals surface area contributed by atoms with Gasteiger partial charge in [0.15, 0.2) is 0 Å². The van der Waals surface area contributed by atoms with Crippen molar-refractivity contribution in [3.63, 3.8) is 0 Å². The summed E-state index contributed by atoms with van der Waals surface area (Å²) in [7, 11) is -2.02. The highest BCUT2D eigenvalue weighted by atomic mass is 28.3. The third kappa shape index (κ3) is 4.56. The Morgan fingerprint density at radius 3 is 2.09 bits per heavy atom. The zero-order chi connectivity index (χ0) is 24.0. The van der Waals surface area contributed by atoms with E-state index in [1.165, 1.54) is 5.57 Å². The molecule has 4 rings (SSSR count). The van der Waals surface area contributed by atoms with Crippen LogP contribution < -0.4 is 0 Å². The van der Waals surface area contributed by atoms with E-state index < -0.39 is 14.2 Å². The van der Waals surface area contributed by atoms with Gasteiger partial charge in [0.1, 0.15) is 8.07 Å². The number of fused-ring (bicyclic) bond motifs is 2. The van der Waals surface area contributed by atoms with Crippen molar-refractivity contribution < 1.29 is 14.6 Å². The fourth-order valence-corrected chi connectivity index (χ4v) is 7.57. The van der Waals surface area contributed by atoms with Crippen molar-refractivity contribution in [2.45, 2.75) is 92.2 Å². The lowest BCUT2D eigenvalue weighted by Crippen LogP contribution is -2.54. The topological polar surface area (TPSA) is 49.8 Å². The fraction of sp³-hybridized carbons (Fsp3) is 0.667. The smallest absolute Gasteiger partial charge is 0.414 e. The Morgan fingerprint density at radius 1 is 1.06 bits per heavy atom. The Labute approximate surface area is 196 Å². The van der Waals surface area contributed by atoms with E-state index in [2.05, 4.69) is 33.5 Å². The van der Waals surface area contributed by atoms with Crippen LogP contribution in [0, 0.1) is 23.2 Å². The van der Waals surface area contributed by atoms with Gasteiger partial charge in [0.25, 0.3) is 0 Å². The second-order valence-electron chi connectivity index (χ2n) is 12.0. The van der Waals surface area contributed by atoms with Crippen LogP contribution >= 0.6 is 0 Å². The first kappa shape index (κ1) is 25.0. The molecule has 3 fully saturated rings. The summed E-state index contributed by atoms with van der Waals surface area (Å²) in [4.78, 5) is 15.2. The van der Waals surface area contributed by atoms with Gasteiger partial charge in [-0.3, -0.25) is 0 Å². The predicted molar refractivity (Wildman–Crippen MR) is 134 cm³/mol. The van der Waals surface area contributed by atoms with Crippen LogP contribution in [0.1, 0.15) is 66.1 Å². The maximum atomic E-state index is 13.4. The van der Waals surface area contributed by atoms with Crippen molar-refractivity contribution in [3.8, 4) is 0 Å². The molecule has 4 atom stereocenters. The maximum absolute atomic E-state index is 13.4. The number of rotatable bonds is 6. The van der Waals surface area contributed by atoms with Gasteiger partial charge in [0.05, 0.1) is 11.5 Å². The number of benzene rings is 1. The number of carbonyl (C=O) groups excluding carboxylic acids is 1. The minimum Gasteiger partial charge on any atom is -0.420 e.